The molecule has 0 spiro atoms. The van der Waals surface area contributed by atoms with E-state index in [2.05, 4.69) is 35.7 Å². The Kier molecular flexibility index (Phi) is 5.77. The summed E-state index contributed by atoms with van der Waals surface area (Å²) in [5.41, 5.74) is 3.99. The highest BCUT2D eigenvalue weighted by Gasteiger charge is 2.16. The van der Waals surface area contributed by atoms with Crippen molar-refractivity contribution in [3.05, 3.63) is 72.2 Å². The van der Waals surface area contributed by atoms with E-state index in [4.69, 9.17) is 0 Å². The van der Waals surface area contributed by atoms with Crippen molar-refractivity contribution in [2.24, 2.45) is 0 Å². The van der Waals surface area contributed by atoms with Crippen LogP contribution in [0.25, 0.3) is 11.3 Å². The number of nitrogens with one attached hydrogen (secondary N) is 1. The van der Waals surface area contributed by atoms with Gasteiger partial charge in [0.1, 0.15) is 0 Å². The minimum Gasteiger partial charge on any atom is -0.334 e. The molecule has 5 nitrogen and oxygen atoms in total. The Balaban J connectivity index is 2.00. The summed E-state index contributed by atoms with van der Waals surface area (Å²) in [5, 5.41) is 0. The van der Waals surface area contributed by atoms with Crippen LogP contribution in [0.3, 0.4) is 0 Å². The van der Waals surface area contributed by atoms with Crippen molar-refractivity contribution in [3.63, 3.8) is 0 Å². The molecule has 0 aliphatic carbocycles. The molecule has 2 aromatic carbocycles. The summed E-state index contributed by atoms with van der Waals surface area (Å²) in [6, 6.07) is 15.9. The van der Waals surface area contributed by atoms with Crippen LogP contribution in [0.15, 0.2) is 66.0 Å². The maximum Gasteiger partial charge on any atom is 0.240 e. The van der Waals surface area contributed by atoms with Crippen LogP contribution in [0, 0.1) is 0 Å². The zero-order valence-electron chi connectivity index (χ0n) is 15.9. The lowest BCUT2D eigenvalue weighted by Crippen LogP contribution is -2.18. The van der Waals surface area contributed by atoms with Crippen LogP contribution < -0.4 is 4.72 Å². The van der Waals surface area contributed by atoms with Crippen molar-refractivity contribution in [1.82, 2.24) is 14.3 Å². The molecule has 27 heavy (non-hydrogen) atoms. The quantitative estimate of drug-likeness (QED) is 0.674. The molecule has 0 amide bonds. The fraction of sp³-hybridized carbons (Fsp3) is 0.286. The number of sulfonamides is 1. The average Bonchev–Trinajstić information content (AvgIpc) is 3.17. The average molecular weight is 384 g/mol. The van der Waals surface area contributed by atoms with Crippen molar-refractivity contribution in [3.8, 4) is 11.3 Å². The van der Waals surface area contributed by atoms with Gasteiger partial charge in [-0.25, -0.2) is 18.1 Å². The van der Waals surface area contributed by atoms with E-state index < -0.39 is 10.0 Å². The summed E-state index contributed by atoms with van der Waals surface area (Å²) >= 11 is 0. The highest BCUT2D eigenvalue weighted by Crippen LogP contribution is 2.27. The van der Waals surface area contributed by atoms with Crippen molar-refractivity contribution in [2.45, 2.75) is 37.6 Å². The number of hydrogen-bond donors (Lipinski definition) is 1. The first-order valence-electron chi connectivity index (χ1n) is 9.05. The number of nitrogens with zero attached hydrogens (tertiary/aromatic N) is 2. The van der Waals surface area contributed by atoms with Gasteiger partial charge < -0.3 is 4.57 Å². The highest BCUT2D eigenvalue weighted by molar-refractivity contribution is 7.89. The zero-order chi connectivity index (χ0) is 19.4. The number of imidazole rings is 1. The van der Waals surface area contributed by atoms with Crippen LogP contribution >= 0.6 is 0 Å². The SMILES string of the molecule is CNS(=O)(=O)c1ccc(CCc2ccccc2)c(-c2cn(C(C)C)cn2)c1. The van der Waals surface area contributed by atoms with Gasteiger partial charge in [-0.15, -0.1) is 0 Å². The van der Waals surface area contributed by atoms with Gasteiger partial charge in [-0.2, -0.15) is 0 Å². The summed E-state index contributed by atoms with van der Waals surface area (Å²) in [4.78, 5) is 4.77. The van der Waals surface area contributed by atoms with Crippen LogP contribution in [0.5, 0.6) is 0 Å². The van der Waals surface area contributed by atoms with E-state index in [1.807, 2.05) is 35.0 Å². The molecule has 0 radical (unpaired) electrons. The molecule has 0 fully saturated rings. The molecule has 6 heteroatoms. The van der Waals surface area contributed by atoms with E-state index in [9.17, 15) is 8.42 Å². The van der Waals surface area contributed by atoms with Gasteiger partial charge in [0.2, 0.25) is 10.0 Å². The summed E-state index contributed by atoms with van der Waals surface area (Å²) in [5.74, 6) is 0. The molecule has 0 bridgehead atoms. The molecule has 0 saturated heterocycles. The second-order valence-electron chi connectivity index (χ2n) is 6.81. The highest BCUT2D eigenvalue weighted by atomic mass is 32.2. The van der Waals surface area contributed by atoms with Gasteiger partial charge in [-0.1, -0.05) is 36.4 Å². The molecule has 0 atom stereocenters. The van der Waals surface area contributed by atoms with Crippen LogP contribution in [-0.2, 0) is 22.9 Å². The fourth-order valence-electron chi connectivity index (χ4n) is 2.98. The standard InChI is InChI=1S/C21H25N3O2S/c1-16(2)24-14-21(23-15-24)20-13-19(27(25,26)22-3)12-11-18(20)10-9-17-7-5-4-6-8-17/h4-8,11-16,22H,9-10H2,1-3H3. The van der Waals surface area contributed by atoms with Crippen LogP contribution in [-0.4, -0.2) is 25.0 Å². The lowest BCUT2D eigenvalue weighted by atomic mass is 9.98. The number of aryl methyl sites for hydroxylation is 2. The lowest BCUT2D eigenvalue weighted by molar-refractivity contribution is 0.588. The lowest BCUT2D eigenvalue weighted by Gasteiger charge is -2.11. The predicted octanol–water partition coefficient (Wildman–Crippen LogP) is 3.82. The number of rotatable bonds is 7. The Morgan fingerprint density at radius 3 is 2.44 bits per heavy atom. The number of benzene rings is 2. The molecule has 142 valence electrons. The van der Waals surface area contributed by atoms with Crippen LogP contribution in [0.4, 0.5) is 0 Å². The molecule has 0 aliphatic rings. The number of hydrogen-bond acceptors (Lipinski definition) is 3. The summed E-state index contributed by atoms with van der Waals surface area (Å²) < 4.78 is 28.9. The fourth-order valence-corrected chi connectivity index (χ4v) is 3.73. The second kappa shape index (κ2) is 8.06. The van der Waals surface area contributed by atoms with Crippen molar-refractivity contribution in [1.29, 1.82) is 0 Å². The Labute approximate surface area is 161 Å². The third-order valence-corrected chi connectivity index (χ3v) is 6.07. The van der Waals surface area contributed by atoms with Crippen molar-refractivity contribution in [2.75, 3.05) is 7.05 Å². The van der Waals surface area contributed by atoms with E-state index in [-0.39, 0.29) is 4.90 Å². The van der Waals surface area contributed by atoms with Gasteiger partial charge in [-0.05, 0) is 57.0 Å². The summed E-state index contributed by atoms with van der Waals surface area (Å²) in [7, 11) is -2.08. The summed E-state index contributed by atoms with van der Waals surface area (Å²) in [6.45, 7) is 4.17. The van der Waals surface area contributed by atoms with Gasteiger partial charge >= 0.3 is 0 Å². The molecular formula is C21H25N3O2S. The molecule has 3 rings (SSSR count). The van der Waals surface area contributed by atoms with Crippen molar-refractivity contribution >= 4 is 10.0 Å². The normalized spacial score (nSPS) is 11.9. The summed E-state index contributed by atoms with van der Waals surface area (Å²) in [6.07, 6.45) is 5.46. The van der Waals surface area contributed by atoms with Gasteiger partial charge in [-0.3, -0.25) is 0 Å². The van der Waals surface area contributed by atoms with Crippen LogP contribution in [0.2, 0.25) is 0 Å². The minimum atomic E-state index is -3.51. The maximum absolute atomic E-state index is 12.3. The van der Waals surface area contributed by atoms with Gasteiger partial charge in [0.15, 0.2) is 0 Å². The molecule has 0 unspecified atom stereocenters. The van der Waals surface area contributed by atoms with Gasteiger partial charge in [0.25, 0.3) is 0 Å². The first-order chi connectivity index (χ1) is 12.9. The molecule has 0 aliphatic heterocycles. The van der Waals surface area contributed by atoms with Gasteiger partial charge in [0, 0.05) is 17.8 Å². The van der Waals surface area contributed by atoms with Crippen LogP contribution in [0.1, 0.15) is 31.0 Å². The molecule has 3 aromatic rings. The van der Waals surface area contributed by atoms with E-state index in [0.29, 0.717) is 6.04 Å². The molecule has 1 N–H and O–H groups in total. The van der Waals surface area contributed by atoms with E-state index in [0.717, 1.165) is 29.7 Å². The first kappa shape index (κ1) is 19.3. The van der Waals surface area contributed by atoms with Gasteiger partial charge in [0.05, 0.1) is 16.9 Å². The van der Waals surface area contributed by atoms with E-state index in [1.165, 1.54) is 12.6 Å². The van der Waals surface area contributed by atoms with E-state index >= 15 is 0 Å². The monoisotopic (exact) mass is 383 g/mol. The largest absolute Gasteiger partial charge is 0.334 e. The smallest absolute Gasteiger partial charge is 0.240 e. The minimum absolute atomic E-state index is 0.252. The van der Waals surface area contributed by atoms with E-state index in [1.54, 1.807) is 18.5 Å². The Hall–Kier alpha value is -2.44. The first-order valence-corrected chi connectivity index (χ1v) is 10.5. The molecule has 0 saturated carbocycles. The molecule has 1 aromatic heterocycles. The zero-order valence-corrected chi connectivity index (χ0v) is 16.7. The maximum atomic E-state index is 12.3. The third-order valence-electron chi connectivity index (χ3n) is 4.66. The third kappa shape index (κ3) is 4.46. The Bertz CT molecular complexity index is 1010. The Morgan fingerprint density at radius 2 is 1.81 bits per heavy atom. The molecular weight excluding hydrogens is 358 g/mol. The number of aromatic nitrogens is 2. The molecule has 1 heterocycles. The second-order valence-corrected chi connectivity index (χ2v) is 8.70. The topological polar surface area (TPSA) is 64.0 Å². The Morgan fingerprint density at radius 1 is 1.07 bits per heavy atom. The predicted molar refractivity (Wildman–Crippen MR) is 108 cm³/mol. The van der Waals surface area contributed by atoms with Crippen molar-refractivity contribution < 1.29 is 8.42 Å².